The van der Waals surface area contributed by atoms with E-state index in [1.54, 1.807) is 0 Å². The third-order valence-corrected chi connectivity index (χ3v) is 3.31. The Morgan fingerprint density at radius 1 is 1.22 bits per heavy atom. The molecule has 0 aromatic carbocycles. The van der Waals surface area contributed by atoms with E-state index in [0.29, 0.717) is 12.5 Å². The van der Waals surface area contributed by atoms with Gasteiger partial charge in [-0.1, -0.05) is 34.6 Å². The van der Waals surface area contributed by atoms with Crippen LogP contribution in [0.4, 0.5) is 0 Å². The van der Waals surface area contributed by atoms with Crippen LogP contribution in [-0.2, 0) is 4.79 Å². The summed E-state index contributed by atoms with van der Waals surface area (Å²) in [4.78, 5) is 14.3. The summed E-state index contributed by atoms with van der Waals surface area (Å²) in [6.07, 6.45) is 1.89. The highest BCUT2D eigenvalue weighted by Gasteiger charge is 2.28. The minimum atomic E-state index is -0.0513. The molecule has 0 bridgehead atoms. The molecule has 0 spiro atoms. The molecule has 3 nitrogen and oxygen atoms in total. The van der Waals surface area contributed by atoms with Gasteiger partial charge in [0.25, 0.3) is 0 Å². The number of hydrogen-bond donors (Lipinski definition) is 1. The first-order chi connectivity index (χ1) is 8.08. The molecule has 0 saturated heterocycles. The van der Waals surface area contributed by atoms with E-state index in [4.69, 9.17) is 5.73 Å². The monoisotopic (exact) mass is 256 g/mol. The van der Waals surface area contributed by atoms with Crippen LogP contribution in [0, 0.1) is 17.3 Å². The highest BCUT2D eigenvalue weighted by atomic mass is 16.2. The van der Waals surface area contributed by atoms with E-state index < -0.39 is 0 Å². The van der Waals surface area contributed by atoms with Crippen molar-refractivity contribution in [2.75, 3.05) is 13.6 Å². The summed E-state index contributed by atoms with van der Waals surface area (Å²) in [5.74, 6) is 0.749. The Labute approximate surface area is 113 Å². The summed E-state index contributed by atoms with van der Waals surface area (Å²) in [6.45, 7) is 13.4. The van der Waals surface area contributed by atoms with Crippen molar-refractivity contribution < 1.29 is 4.79 Å². The highest BCUT2D eigenvalue weighted by molar-refractivity contribution is 5.79. The quantitative estimate of drug-likeness (QED) is 0.794. The standard InChI is InChI=1S/C15H32N2O/c1-11(2)8-12(3)17(7)14(18)13(10-16)9-15(4,5)6/h11-13H,8-10,16H2,1-7H3. The number of nitrogens with two attached hydrogens (primary N) is 1. The maximum Gasteiger partial charge on any atom is 0.226 e. The minimum absolute atomic E-state index is 0.0513. The Hall–Kier alpha value is -0.570. The summed E-state index contributed by atoms with van der Waals surface area (Å²) >= 11 is 0. The fraction of sp³-hybridized carbons (Fsp3) is 0.933. The summed E-state index contributed by atoms with van der Waals surface area (Å²) in [5.41, 5.74) is 5.91. The van der Waals surface area contributed by atoms with Crippen LogP contribution in [0.15, 0.2) is 0 Å². The number of carbonyl (C=O) groups is 1. The van der Waals surface area contributed by atoms with Gasteiger partial charge in [0.05, 0.1) is 5.92 Å². The Bertz CT molecular complexity index is 256. The molecule has 0 aliphatic heterocycles. The SMILES string of the molecule is CC(C)CC(C)N(C)C(=O)C(CN)CC(C)(C)C. The number of nitrogens with zero attached hydrogens (tertiary/aromatic N) is 1. The van der Waals surface area contributed by atoms with Gasteiger partial charge in [-0.15, -0.1) is 0 Å². The first-order valence-corrected chi connectivity index (χ1v) is 7.05. The van der Waals surface area contributed by atoms with Crippen LogP contribution >= 0.6 is 0 Å². The second-order valence-corrected chi connectivity index (χ2v) is 7.13. The molecule has 0 saturated carbocycles. The Balaban J connectivity index is 4.58. The van der Waals surface area contributed by atoms with Crippen LogP contribution in [0.5, 0.6) is 0 Å². The second-order valence-electron chi connectivity index (χ2n) is 7.13. The van der Waals surface area contributed by atoms with Gasteiger partial charge in [-0.3, -0.25) is 4.79 Å². The van der Waals surface area contributed by atoms with E-state index in [-0.39, 0.29) is 23.3 Å². The van der Waals surface area contributed by atoms with Crippen molar-refractivity contribution in [2.24, 2.45) is 23.0 Å². The molecule has 108 valence electrons. The van der Waals surface area contributed by atoms with Gasteiger partial charge >= 0.3 is 0 Å². The molecule has 3 heteroatoms. The summed E-state index contributed by atoms with van der Waals surface area (Å²) < 4.78 is 0. The lowest BCUT2D eigenvalue weighted by Gasteiger charge is -2.32. The molecule has 0 rings (SSSR count). The van der Waals surface area contributed by atoms with Crippen molar-refractivity contribution in [1.82, 2.24) is 4.90 Å². The molecule has 0 aliphatic rings. The molecule has 0 aromatic rings. The maximum absolute atomic E-state index is 12.4. The van der Waals surface area contributed by atoms with Gasteiger partial charge in [0.2, 0.25) is 5.91 Å². The zero-order valence-electron chi connectivity index (χ0n) is 13.3. The molecular formula is C15H32N2O. The lowest BCUT2D eigenvalue weighted by atomic mass is 9.84. The zero-order chi connectivity index (χ0) is 14.5. The van der Waals surface area contributed by atoms with Gasteiger partial charge in [-0.2, -0.15) is 0 Å². The first kappa shape index (κ1) is 17.4. The van der Waals surface area contributed by atoms with Gasteiger partial charge in [0.1, 0.15) is 0 Å². The largest absolute Gasteiger partial charge is 0.343 e. The van der Waals surface area contributed by atoms with Crippen molar-refractivity contribution in [2.45, 2.75) is 60.4 Å². The van der Waals surface area contributed by atoms with E-state index in [9.17, 15) is 4.79 Å². The normalized spacial score (nSPS) is 15.6. The van der Waals surface area contributed by atoms with Gasteiger partial charge in [-0.25, -0.2) is 0 Å². The summed E-state index contributed by atoms with van der Waals surface area (Å²) in [6, 6.07) is 0.284. The van der Waals surface area contributed by atoms with Gasteiger partial charge < -0.3 is 10.6 Å². The molecule has 1 amide bonds. The van der Waals surface area contributed by atoms with Crippen LogP contribution in [0.1, 0.15) is 54.4 Å². The number of carbonyl (C=O) groups excluding carboxylic acids is 1. The minimum Gasteiger partial charge on any atom is -0.343 e. The van der Waals surface area contributed by atoms with Crippen LogP contribution in [0.2, 0.25) is 0 Å². The highest BCUT2D eigenvalue weighted by Crippen LogP contribution is 2.25. The molecule has 0 heterocycles. The van der Waals surface area contributed by atoms with Gasteiger partial charge in [0, 0.05) is 19.6 Å². The van der Waals surface area contributed by atoms with Crippen LogP contribution in [0.25, 0.3) is 0 Å². The van der Waals surface area contributed by atoms with Crippen LogP contribution in [0.3, 0.4) is 0 Å². The van der Waals surface area contributed by atoms with Crippen molar-refractivity contribution in [1.29, 1.82) is 0 Å². The number of rotatable bonds is 6. The molecule has 0 radical (unpaired) electrons. The fourth-order valence-electron chi connectivity index (χ4n) is 2.36. The van der Waals surface area contributed by atoms with Gasteiger partial charge in [0.15, 0.2) is 0 Å². The third kappa shape index (κ3) is 6.39. The Morgan fingerprint density at radius 2 is 1.72 bits per heavy atom. The molecule has 2 N–H and O–H groups in total. The van der Waals surface area contributed by atoms with Crippen molar-refractivity contribution in [3.8, 4) is 0 Å². The number of amides is 1. The van der Waals surface area contributed by atoms with E-state index >= 15 is 0 Å². The Morgan fingerprint density at radius 3 is 2.06 bits per heavy atom. The van der Waals surface area contributed by atoms with E-state index in [1.165, 1.54) is 0 Å². The number of hydrogen-bond acceptors (Lipinski definition) is 2. The zero-order valence-corrected chi connectivity index (χ0v) is 13.3. The Kier molecular flexibility index (Phi) is 6.90. The maximum atomic E-state index is 12.4. The fourth-order valence-corrected chi connectivity index (χ4v) is 2.36. The predicted octanol–water partition coefficient (Wildman–Crippen LogP) is 2.89. The van der Waals surface area contributed by atoms with Crippen molar-refractivity contribution >= 4 is 5.91 Å². The molecule has 0 fully saturated rings. The summed E-state index contributed by atoms with van der Waals surface area (Å²) in [7, 11) is 1.90. The van der Waals surface area contributed by atoms with Crippen LogP contribution in [-0.4, -0.2) is 30.4 Å². The first-order valence-electron chi connectivity index (χ1n) is 7.05. The molecule has 0 aromatic heterocycles. The lowest BCUT2D eigenvalue weighted by molar-refractivity contribution is -0.136. The van der Waals surface area contributed by atoms with E-state index in [1.807, 2.05) is 11.9 Å². The van der Waals surface area contributed by atoms with Crippen molar-refractivity contribution in [3.05, 3.63) is 0 Å². The molecule has 18 heavy (non-hydrogen) atoms. The van der Waals surface area contributed by atoms with Crippen molar-refractivity contribution in [3.63, 3.8) is 0 Å². The molecule has 2 atom stereocenters. The smallest absolute Gasteiger partial charge is 0.226 e. The topological polar surface area (TPSA) is 46.3 Å². The van der Waals surface area contributed by atoms with Crippen LogP contribution < -0.4 is 5.73 Å². The van der Waals surface area contributed by atoms with E-state index in [0.717, 1.165) is 12.8 Å². The summed E-state index contributed by atoms with van der Waals surface area (Å²) in [5, 5.41) is 0. The predicted molar refractivity (Wildman–Crippen MR) is 78.3 cm³/mol. The van der Waals surface area contributed by atoms with Gasteiger partial charge in [-0.05, 0) is 31.1 Å². The molecule has 2 unspecified atom stereocenters. The average Bonchev–Trinajstić information content (AvgIpc) is 2.21. The third-order valence-electron chi connectivity index (χ3n) is 3.31. The van der Waals surface area contributed by atoms with E-state index in [2.05, 4.69) is 41.5 Å². The average molecular weight is 256 g/mol. The lowest BCUT2D eigenvalue weighted by Crippen LogP contribution is -2.43. The molecular weight excluding hydrogens is 224 g/mol. The molecule has 0 aliphatic carbocycles. The second kappa shape index (κ2) is 7.13.